The Morgan fingerprint density at radius 3 is 2.70 bits per heavy atom. The molecule has 0 saturated carbocycles. The minimum atomic E-state index is -0.347. The van der Waals surface area contributed by atoms with E-state index >= 15 is 0 Å². The van der Waals surface area contributed by atoms with Crippen molar-refractivity contribution in [2.45, 2.75) is 13.1 Å². The third-order valence-electron chi connectivity index (χ3n) is 5.47. The van der Waals surface area contributed by atoms with E-state index < -0.39 is 0 Å². The van der Waals surface area contributed by atoms with Gasteiger partial charge in [-0.2, -0.15) is 0 Å². The Bertz CT molecular complexity index is 1400. The summed E-state index contributed by atoms with van der Waals surface area (Å²) in [6, 6.07) is 11.5. The van der Waals surface area contributed by atoms with Gasteiger partial charge in [-0.1, -0.05) is 18.2 Å². The average Bonchev–Trinajstić information content (AvgIpc) is 3.26. The number of hydrogen-bond donors (Lipinski definition) is 0. The van der Waals surface area contributed by atoms with Gasteiger partial charge in [0.05, 0.1) is 11.7 Å². The van der Waals surface area contributed by atoms with E-state index in [4.69, 9.17) is 9.47 Å². The highest BCUT2D eigenvalue weighted by molar-refractivity contribution is 7.17. The summed E-state index contributed by atoms with van der Waals surface area (Å²) in [6.07, 6.45) is 1.39. The van der Waals surface area contributed by atoms with Gasteiger partial charge in [-0.3, -0.25) is 14.2 Å². The number of likely N-dealkylation sites (N-methyl/N-ethyl adjacent to an activating group) is 1. The molecule has 0 bridgehead atoms. The molecule has 0 atom stereocenters. The van der Waals surface area contributed by atoms with Crippen LogP contribution in [-0.4, -0.2) is 40.6 Å². The van der Waals surface area contributed by atoms with Gasteiger partial charge in [-0.15, -0.1) is 11.3 Å². The molecule has 0 radical (unpaired) electrons. The third-order valence-corrected chi connectivity index (χ3v) is 6.36. The smallest absolute Gasteiger partial charge is 0.263 e. The number of carbonyl (C=O) groups is 1. The number of nitrogens with zero attached hydrogens (tertiary/aromatic N) is 3. The summed E-state index contributed by atoms with van der Waals surface area (Å²) < 4.78 is 25.8. The molecule has 2 aromatic carbocycles. The summed E-state index contributed by atoms with van der Waals surface area (Å²) in [4.78, 5) is 32.5. The number of aromatic nitrogens is 2. The van der Waals surface area contributed by atoms with E-state index in [1.807, 2.05) is 23.6 Å². The Morgan fingerprint density at radius 2 is 1.91 bits per heavy atom. The van der Waals surface area contributed by atoms with Crippen molar-refractivity contribution in [3.8, 4) is 22.6 Å². The molecule has 0 saturated heterocycles. The summed E-state index contributed by atoms with van der Waals surface area (Å²) in [5.41, 5.74) is 1.99. The lowest BCUT2D eigenvalue weighted by Crippen LogP contribution is -2.33. The second kappa shape index (κ2) is 8.67. The predicted molar refractivity (Wildman–Crippen MR) is 123 cm³/mol. The minimum absolute atomic E-state index is 0.137. The molecule has 7 nitrogen and oxygen atoms in total. The first-order valence-corrected chi connectivity index (χ1v) is 11.2. The number of amides is 1. The maximum atomic E-state index is 13.3. The number of thiophene rings is 1. The third kappa shape index (κ3) is 4.19. The Hall–Kier alpha value is -3.72. The van der Waals surface area contributed by atoms with Gasteiger partial charge in [0.25, 0.3) is 5.56 Å². The fraction of sp³-hybridized carbons (Fsp3) is 0.208. The van der Waals surface area contributed by atoms with Crippen LogP contribution in [0.3, 0.4) is 0 Å². The van der Waals surface area contributed by atoms with Crippen LogP contribution < -0.4 is 15.0 Å². The van der Waals surface area contributed by atoms with Crippen LogP contribution in [0, 0.1) is 5.82 Å². The average molecular weight is 466 g/mol. The summed E-state index contributed by atoms with van der Waals surface area (Å²) in [5, 5.41) is 2.25. The summed E-state index contributed by atoms with van der Waals surface area (Å²) in [7, 11) is 1.69. The van der Waals surface area contributed by atoms with Crippen LogP contribution in [0.2, 0.25) is 0 Å². The number of rotatable bonds is 5. The molecule has 5 rings (SSSR count). The standard InChI is InChI=1S/C24H20FN3O4S/c1-27(11-15-2-7-19-20(10-15)32-9-8-31-19)21(29)12-28-14-26-23-22(24(28)30)18(13-33-23)16-3-5-17(25)6-4-16/h2-7,10,13-14H,8-9,11-12H2,1H3. The van der Waals surface area contributed by atoms with Crippen molar-refractivity contribution < 1.29 is 18.7 Å². The number of carbonyl (C=O) groups excluding carboxylic acids is 1. The first-order chi connectivity index (χ1) is 16.0. The van der Waals surface area contributed by atoms with E-state index in [2.05, 4.69) is 4.98 Å². The molecule has 9 heteroatoms. The quantitative estimate of drug-likeness (QED) is 0.450. The van der Waals surface area contributed by atoms with Crippen LogP contribution in [-0.2, 0) is 17.9 Å². The van der Waals surface area contributed by atoms with Gasteiger partial charge < -0.3 is 14.4 Å². The molecular formula is C24H20FN3O4S. The van der Waals surface area contributed by atoms with Crippen LogP contribution in [0.15, 0.2) is 59.0 Å². The monoisotopic (exact) mass is 465 g/mol. The molecule has 33 heavy (non-hydrogen) atoms. The van der Waals surface area contributed by atoms with Crippen molar-refractivity contribution in [1.29, 1.82) is 0 Å². The van der Waals surface area contributed by atoms with Crippen LogP contribution in [0.4, 0.5) is 4.39 Å². The predicted octanol–water partition coefficient (Wildman–Crippen LogP) is 3.69. The van der Waals surface area contributed by atoms with E-state index in [-0.39, 0.29) is 23.8 Å². The van der Waals surface area contributed by atoms with Gasteiger partial charge in [0.1, 0.15) is 30.4 Å². The highest BCUT2D eigenvalue weighted by Crippen LogP contribution is 2.32. The van der Waals surface area contributed by atoms with Gasteiger partial charge >= 0.3 is 0 Å². The van der Waals surface area contributed by atoms with Crippen molar-refractivity contribution in [2.75, 3.05) is 20.3 Å². The highest BCUT2D eigenvalue weighted by Gasteiger charge is 2.18. The number of benzene rings is 2. The SMILES string of the molecule is CN(Cc1ccc2c(c1)OCCO2)C(=O)Cn1cnc2scc(-c3ccc(F)cc3)c2c1=O. The molecule has 1 aliphatic heterocycles. The Labute approximate surface area is 192 Å². The first kappa shape index (κ1) is 21.1. The van der Waals surface area contributed by atoms with Crippen LogP contribution >= 0.6 is 11.3 Å². The molecule has 0 spiro atoms. The van der Waals surface area contributed by atoms with Crippen LogP contribution in [0.1, 0.15) is 5.56 Å². The lowest BCUT2D eigenvalue weighted by atomic mass is 10.1. The molecule has 3 heterocycles. The fourth-order valence-electron chi connectivity index (χ4n) is 3.74. The molecule has 0 aliphatic carbocycles. The topological polar surface area (TPSA) is 73.7 Å². The lowest BCUT2D eigenvalue weighted by molar-refractivity contribution is -0.131. The number of hydrogen-bond acceptors (Lipinski definition) is 6. The molecule has 2 aromatic heterocycles. The maximum absolute atomic E-state index is 13.3. The number of halogens is 1. The molecule has 0 N–H and O–H groups in total. The lowest BCUT2D eigenvalue weighted by Gasteiger charge is -2.21. The molecule has 1 amide bonds. The van der Waals surface area contributed by atoms with Crippen molar-refractivity contribution in [1.82, 2.24) is 14.5 Å². The normalized spacial score (nSPS) is 12.7. The van der Waals surface area contributed by atoms with Gasteiger partial charge in [0, 0.05) is 24.5 Å². The molecular weight excluding hydrogens is 445 g/mol. The number of ether oxygens (including phenoxy) is 2. The van der Waals surface area contributed by atoms with E-state index in [1.165, 1.54) is 34.4 Å². The Kier molecular flexibility index (Phi) is 5.55. The largest absolute Gasteiger partial charge is 0.486 e. The van der Waals surface area contributed by atoms with E-state index in [9.17, 15) is 14.0 Å². The zero-order valence-electron chi connectivity index (χ0n) is 17.8. The fourth-order valence-corrected chi connectivity index (χ4v) is 4.64. The van der Waals surface area contributed by atoms with Crippen LogP contribution in [0.25, 0.3) is 21.3 Å². The Balaban J connectivity index is 1.36. The molecule has 1 aliphatic rings. The van der Waals surface area contributed by atoms with E-state index in [0.717, 1.165) is 11.1 Å². The zero-order valence-corrected chi connectivity index (χ0v) is 18.6. The second-order valence-electron chi connectivity index (χ2n) is 7.74. The molecule has 0 unspecified atom stereocenters. The van der Waals surface area contributed by atoms with Gasteiger partial charge in [0.15, 0.2) is 11.5 Å². The minimum Gasteiger partial charge on any atom is -0.486 e. The second-order valence-corrected chi connectivity index (χ2v) is 8.60. The van der Waals surface area contributed by atoms with Gasteiger partial charge in [-0.25, -0.2) is 9.37 Å². The summed E-state index contributed by atoms with van der Waals surface area (Å²) >= 11 is 1.34. The van der Waals surface area contributed by atoms with Crippen molar-refractivity contribution in [3.05, 3.63) is 75.9 Å². The maximum Gasteiger partial charge on any atom is 0.263 e. The highest BCUT2D eigenvalue weighted by atomic mass is 32.1. The zero-order chi connectivity index (χ0) is 22.9. The Morgan fingerprint density at radius 1 is 1.15 bits per heavy atom. The van der Waals surface area contributed by atoms with Crippen LogP contribution in [0.5, 0.6) is 11.5 Å². The van der Waals surface area contributed by atoms with Gasteiger partial charge in [-0.05, 0) is 35.4 Å². The first-order valence-electron chi connectivity index (χ1n) is 10.3. The van der Waals surface area contributed by atoms with Gasteiger partial charge in [0.2, 0.25) is 5.91 Å². The van der Waals surface area contributed by atoms with Crippen molar-refractivity contribution in [2.24, 2.45) is 0 Å². The van der Waals surface area contributed by atoms with Crippen molar-refractivity contribution in [3.63, 3.8) is 0 Å². The van der Waals surface area contributed by atoms with Crippen molar-refractivity contribution >= 4 is 27.5 Å². The molecule has 0 fully saturated rings. The molecule has 168 valence electrons. The van der Waals surface area contributed by atoms with E-state index in [1.54, 1.807) is 24.1 Å². The van der Waals surface area contributed by atoms with E-state index in [0.29, 0.717) is 47.0 Å². The molecule has 4 aromatic rings. The summed E-state index contributed by atoms with van der Waals surface area (Å²) in [6.45, 7) is 1.23. The number of fused-ring (bicyclic) bond motifs is 2. The summed E-state index contributed by atoms with van der Waals surface area (Å²) in [5.74, 6) is 0.779.